The summed E-state index contributed by atoms with van der Waals surface area (Å²) in [6, 6.07) is 6.70. The number of nitrogens with one attached hydrogen (secondary N) is 1. The van der Waals surface area contributed by atoms with E-state index < -0.39 is 0 Å². The lowest BCUT2D eigenvalue weighted by Gasteiger charge is -2.17. The number of hydrogen-bond acceptors (Lipinski definition) is 4. The third kappa shape index (κ3) is 5.63. The molecule has 0 saturated heterocycles. The van der Waals surface area contributed by atoms with Crippen molar-refractivity contribution in [1.82, 2.24) is 5.32 Å². The van der Waals surface area contributed by atoms with Crippen LogP contribution in [0.5, 0.6) is 11.5 Å². The van der Waals surface area contributed by atoms with Crippen LogP contribution in [0, 0.1) is 0 Å². The van der Waals surface area contributed by atoms with Crippen molar-refractivity contribution < 1.29 is 9.47 Å². The second kappa shape index (κ2) is 9.14. The van der Waals surface area contributed by atoms with Crippen LogP contribution in [0.4, 0.5) is 0 Å². The van der Waals surface area contributed by atoms with E-state index in [9.17, 15) is 0 Å². The Labute approximate surface area is 127 Å². The third-order valence-corrected chi connectivity index (χ3v) is 3.78. The van der Waals surface area contributed by atoms with Crippen molar-refractivity contribution in [1.29, 1.82) is 0 Å². The van der Waals surface area contributed by atoms with Gasteiger partial charge in [0.15, 0.2) is 11.5 Å². The number of benzene rings is 1. The molecule has 1 aromatic rings. The molecule has 1 unspecified atom stereocenters. The highest BCUT2D eigenvalue weighted by atomic mass is 32.2. The van der Waals surface area contributed by atoms with Gasteiger partial charge in [0.25, 0.3) is 0 Å². The molecular weight excluding hydrogens is 270 g/mol. The Bertz CT molecular complexity index is 396. The fourth-order valence-corrected chi connectivity index (χ4v) is 2.71. The van der Waals surface area contributed by atoms with Crippen LogP contribution in [-0.4, -0.2) is 31.3 Å². The molecule has 20 heavy (non-hydrogen) atoms. The highest BCUT2D eigenvalue weighted by Crippen LogP contribution is 2.29. The van der Waals surface area contributed by atoms with Gasteiger partial charge in [-0.1, -0.05) is 13.0 Å². The molecule has 0 saturated carbocycles. The van der Waals surface area contributed by atoms with Crippen LogP contribution < -0.4 is 14.8 Å². The Morgan fingerprint density at radius 1 is 1.25 bits per heavy atom. The second-order valence-electron chi connectivity index (χ2n) is 5.09. The van der Waals surface area contributed by atoms with Gasteiger partial charge in [-0.25, -0.2) is 0 Å². The van der Waals surface area contributed by atoms with E-state index in [1.54, 1.807) is 7.11 Å². The van der Waals surface area contributed by atoms with Gasteiger partial charge in [-0.15, -0.1) is 0 Å². The molecule has 0 aliphatic heterocycles. The van der Waals surface area contributed by atoms with Crippen LogP contribution >= 0.6 is 11.8 Å². The van der Waals surface area contributed by atoms with Gasteiger partial charge < -0.3 is 14.8 Å². The lowest BCUT2D eigenvalue weighted by Crippen LogP contribution is -2.30. The van der Waals surface area contributed by atoms with Crippen LogP contribution in [0.1, 0.15) is 32.8 Å². The molecule has 0 bridgehead atoms. The highest BCUT2D eigenvalue weighted by Gasteiger charge is 2.09. The van der Waals surface area contributed by atoms with Crippen LogP contribution in [-0.2, 0) is 6.54 Å². The first-order valence-corrected chi connectivity index (χ1v) is 8.56. The third-order valence-electron chi connectivity index (χ3n) is 3.05. The Morgan fingerprint density at radius 2 is 2.00 bits per heavy atom. The summed E-state index contributed by atoms with van der Waals surface area (Å²) < 4.78 is 11.1. The molecule has 0 radical (unpaired) electrons. The van der Waals surface area contributed by atoms with E-state index >= 15 is 0 Å². The maximum atomic E-state index is 5.73. The molecule has 1 rings (SSSR count). The quantitative estimate of drug-likeness (QED) is 0.752. The zero-order valence-corrected chi connectivity index (χ0v) is 14.0. The molecule has 0 aliphatic carbocycles. The van der Waals surface area contributed by atoms with E-state index in [-0.39, 0.29) is 6.10 Å². The summed E-state index contributed by atoms with van der Waals surface area (Å²) in [4.78, 5) is 0. The molecule has 0 amide bonds. The van der Waals surface area contributed by atoms with Crippen molar-refractivity contribution in [2.24, 2.45) is 0 Å². The Hall–Kier alpha value is -0.870. The molecule has 4 heteroatoms. The van der Waals surface area contributed by atoms with Gasteiger partial charge in [-0.2, -0.15) is 11.8 Å². The van der Waals surface area contributed by atoms with E-state index in [0.717, 1.165) is 30.2 Å². The molecule has 0 fully saturated rings. The first-order valence-electron chi connectivity index (χ1n) is 7.16. The highest BCUT2D eigenvalue weighted by molar-refractivity contribution is 7.98. The van der Waals surface area contributed by atoms with Gasteiger partial charge in [0.2, 0.25) is 0 Å². The summed E-state index contributed by atoms with van der Waals surface area (Å²) in [5.74, 6) is 2.75. The fraction of sp³-hybridized carbons (Fsp3) is 0.625. The normalized spacial score (nSPS) is 12.5. The number of methoxy groups -OCH3 is 1. The predicted octanol–water partition coefficient (Wildman–Crippen LogP) is 3.71. The van der Waals surface area contributed by atoms with Gasteiger partial charge in [-0.3, -0.25) is 0 Å². The topological polar surface area (TPSA) is 30.5 Å². The maximum absolute atomic E-state index is 5.73. The lowest BCUT2D eigenvalue weighted by atomic mass is 10.1. The maximum Gasteiger partial charge on any atom is 0.161 e. The van der Waals surface area contributed by atoms with Crippen molar-refractivity contribution >= 4 is 11.8 Å². The molecule has 1 N–H and O–H groups in total. The fourth-order valence-electron chi connectivity index (χ4n) is 1.96. The molecular formula is C16H27NO2S. The summed E-state index contributed by atoms with van der Waals surface area (Å²) in [7, 11) is 1.68. The molecule has 1 aromatic carbocycles. The first kappa shape index (κ1) is 17.2. The average molecular weight is 297 g/mol. The van der Waals surface area contributed by atoms with E-state index in [4.69, 9.17) is 9.47 Å². The monoisotopic (exact) mass is 297 g/mol. The van der Waals surface area contributed by atoms with Crippen LogP contribution in [0.2, 0.25) is 0 Å². The minimum Gasteiger partial charge on any atom is -0.493 e. The van der Waals surface area contributed by atoms with E-state index in [2.05, 4.69) is 30.6 Å². The zero-order valence-electron chi connectivity index (χ0n) is 13.2. The van der Waals surface area contributed by atoms with E-state index in [1.807, 2.05) is 31.7 Å². The number of thioether (sulfide) groups is 1. The van der Waals surface area contributed by atoms with Crippen molar-refractivity contribution in [2.45, 2.75) is 45.9 Å². The lowest BCUT2D eigenvalue weighted by molar-refractivity contribution is 0.230. The minimum atomic E-state index is 0.152. The minimum absolute atomic E-state index is 0.152. The van der Waals surface area contributed by atoms with Crippen molar-refractivity contribution in [2.75, 3.05) is 19.1 Å². The number of hydrogen-bond donors (Lipinski definition) is 1. The van der Waals surface area contributed by atoms with Crippen LogP contribution in [0.15, 0.2) is 18.2 Å². The van der Waals surface area contributed by atoms with Gasteiger partial charge >= 0.3 is 0 Å². The summed E-state index contributed by atoms with van der Waals surface area (Å²) >= 11 is 1.88. The molecule has 0 aliphatic rings. The zero-order chi connectivity index (χ0) is 15.0. The van der Waals surface area contributed by atoms with Gasteiger partial charge in [0, 0.05) is 18.3 Å². The summed E-state index contributed by atoms with van der Waals surface area (Å²) in [6.07, 6.45) is 3.44. The van der Waals surface area contributed by atoms with Crippen molar-refractivity contribution in [3.63, 3.8) is 0 Å². The van der Waals surface area contributed by atoms with Crippen LogP contribution in [0.3, 0.4) is 0 Å². The average Bonchev–Trinajstić information content (AvgIpc) is 2.44. The molecule has 0 aromatic heterocycles. The molecule has 114 valence electrons. The van der Waals surface area contributed by atoms with Crippen molar-refractivity contribution in [3.05, 3.63) is 23.8 Å². The summed E-state index contributed by atoms with van der Waals surface area (Å²) in [6.45, 7) is 7.11. The standard InChI is InChI=1S/C16H27NO2S/c1-6-14(11-20-5)17-10-13-7-8-15(19-12(2)3)16(9-13)18-4/h7-9,12,14,17H,6,10-11H2,1-5H3. The second-order valence-corrected chi connectivity index (χ2v) is 6.00. The van der Waals surface area contributed by atoms with Crippen molar-refractivity contribution in [3.8, 4) is 11.5 Å². The SMILES string of the molecule is CCC(CSC)NCc1ccc(OC(C)C)c(OC)c1. The first-order chi connectivity index (χ1) is 9.60. The summed E-state index contributed by atoms with van der Waals surface area (Å²) in [5, 5.41) is 3.58. The Morgan fingerprint density at radius 3 is 2.55 bits per heavy atom. The molecule has 1 atom stereocenters. The number of ether oxygens (including phenoxy) is 2. The smallest absolute Gasteiger partial charge is 0.161 e. The van der Waals surface area contributed by atoms with Gasteiger partial charge in [0.05, 0.1) is 13.2 Å². The van der Waals surface area contributed by atoms with E-state index in [1.165, 1.54) is 5.56 Å². The molecule has 3 nitrogen and oxygen atoms in total. The Balaban J connectivity index is 2.67. The largest absolute Gasteiger partial charge is 0.493 e. The van der Waals surface area contributed by atoms with E-state index in [0.29, 0.717) is 6.04 Å². The molecule has 0 heterocycles. The van der Waals surface area contributed by atoms with Crippen LogP contribution in [0.25, 0.3) is 0 Å². The Kier molecular flexibility index (Phi) is 7.85. The number of rotatable bonds is 9. The van der Waals surface area contributed by atoms with Gasteiger partial charge in [-0.05, 0) is 44.2 Å². The molecule has 0 spiro atoms. The van der Waals surface area contributed by atoms with Gasteiger partial charge in [0.1, 0.15) is 0 Å². The predicted molar refractivity (Wildman–Crippen MR) is 88.1 cm³/mol. The summed E-state index contributed by atoms with van der Waals surface area (Å²) in [5.41, 5.74) is 1.22.